The van der Waals surface area contributed by atoms with Gasteiger partial charge >= 0.3 is 39.5 Å². The molecule has 0 aliphatic rings. The van der Waals surface area contributed by atoms with Crippen molar-refractivity contribution < 1.29 is 80.2 Å². The largest absolute Gasteiger partial charge is 0.472 e. The molecule has 0 bridgehead atoms. The molecule has 0 aromatic carbocycles. The minimum Gasteiger partial charge on any atom is -0.462 e. The van der Waals surface area contributed by atoms with Crippen LogP contribution in [0.4, 0.5) is 0 Å². The van der Waals surface area contributed by atoms with Gasteiger partial charge < -0.3 is 33.8 Å². The fraction of sp³-hybridized carbons (Fsp3) is 0.952. The maximum atomic E-state index is 13.1. The van der Waals surface area contributed by atoms with Crippen LogP contribution in [-0.2, 0) is 65.4 Å². The van der Waals surface area contributed by atoms with Gasteiger partial charge in [-0.15, -0.1) is 0 Å². The molecule has 0 heterocycles. The summed E-state index contributed by atoms with van der Waals surface area (Å²) in [6, 6.07) is 0. The first kappa shape index (κ1) is 101. The highest BCUT2D eigenvalue weighted by atomic mass is 31.2. The summed E-state index contributed by atoms with van der Waals surface area (Å²) < 4.78 is 68.8. The van der Waals surface area contributed by atoms with Gasteiger partial charge in [0.15, 0.2) is 12.2 Å². The first-order chi connectivity index (χ1) is 49.6. The maximum absolute atomic E-state index is 13.1. The van der Waals surface area contributed by atoms with Gasteiger partial charge in [-0.05, 0) is 49.4 Å². The van der Waals surface area contributed by atoms with E-state index < -0.39 is 97.5 Å². The van der Waals surface area contributed by atoms with Gasteiger partial charge in [0.1, 0.15) is 19.3 Å². The summed E-state index contributed by atoms with van der Waals surface area (Å²) in [6.45, 7) is 14.3. The number of aliphatic hydroxyl groups excluding tert-OH is 1. The molecule has 2 unspecified atom stereocenters. The van der Waals surface area contributed by atoms with Crippen LogP contribution in [0.25, 0.3) is 0 Å². The molecule has 19 heteroatoms. The van der Waals surface area contributed by atoms with Crippen molar-refractivity contribution in [1.29, 1.82) is 0 Å². The number of carbonyl (C=O) groups excluding carboxylic acids is 4. The minimum atomic E-state index is -4.97. The van der Waals surface area contributed by atoms with Crippen molar-refractivity contribution in [1.82, 2.24) is 0 Å². The van der Waals surface area contributed by atoms with Crippen LogP contribution in [-0.4, -0.2) is 96.7 Å². The third-order valence-corrected chi connectivity index (χ3v) is 21.5. The minimum absolute atomic E-state index is 0.106. The first-order valence-corrected chi connectivity index (χ1v) is 46.2. The molecule has 0 aliphatic heterocycles. The molecule has 0 aromatic heterocycles. The van der Waals surface area contributed by atoms with E-state index in [-0.39, 0.29) is 25.7 Å². The fourth-order valence-electron chi connectivity index (χ4n) is 13.0. The van der Waals surface area contributed by atoms with E-state index in [1.165, 1.54) is 231 Å². The molecule has 3 N–H and O–H groups in total. The molecule has 5 atom stereocenters. The highest BCUT2D eigenvalue weighted by Crippen LogP contribution is 2.45. The topological polar surface area (TPSA) is 237 Å². The van der Waals surface area contributed by atoms with Crippen LogP contribution < -0.4 is 0 Å². The molecule has 0 saturated carbocycles. The predicted molar refractivity (Wildman–Crippen MR) is 423 cm³/mol. The van der Waals surface area contributed by atoms with Crippen molar-refractivity contribution in [3.05, 3.63) is 0 Å². The molecular formula is C84H164O17P2. The highest BCUT2D eigenvalue weighted by molar-refractivity contribution is 7.47. The number of rotatable bonds is 81. The lowest BCUT2D eigenvalue weighted by atomic mass is 10.0. The Morgan fingerprint density at radius 3 is 0.602 bits per heavy atom. The molecule has 0 fully saturated rings. The molecular weight excluding hydrogens is 1340 g/mol. The fourth-order valence-corrected chi connectivity index (χ4v) is 14.5. The van der Waals surface area contributed by atoms with Crippen LogP contribution in [0.1, 0.15) is 434 Å². The third kappa shape index (κ3) is 78.0. The Morgan fingerprint density at radius 1 is 0.243 bits per heavy atom. The van der Waals surface area contributed by atoms with E-state index in [2.05, 4.69) is 55.4 Å². The van der Waals surface area contributed by atoms with Crippen LogP contribution in [0.2, 0.25) is 0 Å². The first-order valence-electron chi connectivity index (χ1n) is 43.2. The summed E-state index contributed by atoms with van der Waals surface area (Å²) in [5.74, 6) is 0.976. The number of hydrogen-bond donors (Lipinski definition) is 3. The van der Waals surface area contributed by atoms with Crippen molar-refractivity contribution in [2.75, 3.05) is 39.6 Å². The Bertz CT molecular complexity index is 2010. The van der Waals surface area contributed by atoms with E-state index >= 15 is 0 Å². The molecule has 0 radical (unpaired) electrons. The van der Waals surface area contributed by atoms with E-state index in [1.54, 1.807) is 0 Å². The molecule has 0 amide bonds. The quantitative estimate of drug-likeness (QED) is 0.0222. The SMILES string of the molecule is CC(C)CCCCCCCCCCCCCCCCCCC(=O)OC[C@H](COP(=O)(O)OC[C@@H](O)COP(=O)(O)OC[C@@H](COC(=O)CCCCCCCCC(C)C)OC(=O)CCCCCCCCCCCCCCCC(C)C)OC(=O)CCCCCCCCCCCCCCCCCCC(C)C. The van der Waals surface area contributed by atoms with Crippen molar-refractivity contribution in [3.8, 4) is 0 Å². The smallest absolute Gasteiger partial charge is 0.462 e. The Morgan fingerprint density at radius 2 is 0.408 bits per heavy atom. The van der Waals surface area contributed by atoms with Crippen molar-refractivity contribution in [2.45, 2.75) is 453 Å². The van der Waals surface area contributed by atoms with Gasteiger partial charge in [0, 0.05) is 25.7 Å². The number of phosphoric ester groups is 2. The van der Waals surface area contributed by atoms with Gasteiger partial charge in [-0.3, -0.25) is 37.3 Å². The van der Waals surface area contributed by atoms with E-state index in [0.29, 0.717) is 31.6 Å². The zero-order valence-corrected chi connectivity index (χ0v) is 69.7. The number of esters is 4. The van der Waals surface area contributed by atoms with E-state index in [9.17, 15) is 43.2 Å². The van der Waals surface area contributed by atoms with Gasteiger partial charge in [-0.2, -0.15) is 0 Å². The van der Waals surface area contributed by atoms with Crippen LogP contribution in [0.5, 0.6) is 0 Å². The monoisotopic (exact) mass is 1510 g/mol. The second-order valence-electron chi connectivity index (χ2n) is 32.1. The summed E-state index contributed by atoms with van der Waals surface area (Å²) in [6.07, 6.45) is 61.3. The molecule has 0 rings (SSSR count). The summed E-state index contributed by atoms with van der Waals surface area (Å²) in [7, 11) is -9.93. The van der Waals surface area contributed by atoms with E-state index in [0.717, 1.165) is 114 Å². The number of hydrogen-bond acceptors (Lipinski definition) is 15. The second-order valence-corrected chi connectivity index (χ2v) is 35.0. The molecule has 17 nitrogen and oxygen atoms in total. The van der Waals surface area contributed by atoms with Crippen molar-refractivity contribution in [3.63, 3.8) is 0 Å². The highest BCUT2D eigenvalue weighted by Gasteiger charge is 2.30. The van der Waals surface area contributed by atoms with Crippen LogP contribution in [0, 0.1) is 23.7 Å². The van der Waals surface area contributed by atoms with Crippen LogP contribution >= 0.6 is 15.6 Å². The van der Waals surface area contributed by atoms with E-state index in [1.807, 2.05) is 0 Å². The zero-order valence-electron chi connectivity index (χ0n) is 68.0. The normalized spacial score (nSPS) is 14.0. The number of unbranched alkanes of at least 4 members (excludes halogenated alkanes) is 47. The predicted octanol–water partition coefficient (Wildman–Crippen LogP) is 25.2. The lowest BCUT2D eigenvalue weighted by Gasteiger charge is -2.21. The Labute approximate surface area is 632 Å². The van der Waals surface area contributed by atoms with Crippen molar-refractivity contribution >= 4 is 39.5 Å². The zero-order chi connectivity index (χ0) is 76.0. The Kier molecular flexibility index (Phi) is 71.5. The molecule has 612 valence electrons. The number of ether oxygens (including phenoxy) is 4. The number of phosphoric acid groups is 2. The standard InChI is InChI=1S/C84H164O17P2/c1-74(2)60-52-44-36-30-24-18-13-9-11-15-21-27-33-39-48-56-64-81(86)94-70-79(100-83(88)66-58-50-40-34-28-22-16-12-10-14-19-25-31-37-45-53-61-75(3)4)72-98-102(90,91)96-68-78(85)69-97-103(92,93)99-73-80(71-95-82(87)65-57-49-43-42-47-55-63-77(7)8)101-84(89)67-59-51-41-35-29-23-17-20-26-32-38-46-54-62-76(5)6/h74-80,85H,9-73H2,1-8H3,(H,90,91)(H,92,93)/t78-,79-,80-/m1/s1. The van der Waals surface area contributed by atoms with Gasteiger partial charge in [-0.1, -0.05) is 383 Å². The van der Waals surface area contributed by atoms with Crippen molar-refractivity contribution in [2.24, 2.45) is 23.7 Å². The van der Waals surface area contributed by atoms with Crippen LogP contribution in [0.15, 0.2) is 0 Å². The second kappa shape index (κ2) is 72.9. The average molecular weight is 1510 g/mol. The third-order valence-electron chi connectivity index (χ3n) is 19.6. The molecule has 0 saturated heterocycles. The molecule has 0 aromatic rings. The summed E-state index contributed by atoms with van der Waals surface area (Å²) in [4.78, 5) is 73.1. The molecule has 0 aliphatic carbocycles. The summed E-state index contributed by atoms with van der Waals surface area (Å²) in [5, 5.41) is 10.7. The summed E-state index contributed by atoms with van der Waals surface area (Å²) >= 11 is 0. The van der Waals surface area contributed by atoms with Gasteiger partial charge in [0.2, 0.25) is 0 Å². The van der Waals surface area contributed by atoms with Gasteiger partial charge in [0.25, 0.3) is 0 Å². The molecule has 103 heavy (non-hydrogen) atoms. The van der Waals surface area contributed by atoms with E-state index in [4.69, 9.17) is 37.0 Å². The Balaban J connectivity index is 5.22. The average Bonchev–Trinajstić information content (AvgIpc) is 0.936. The lowest BCUT2D eigenvalue weighted by Crippen LogP contribution is -2.30. The van der Waals surface area contributed by atoms with Gasteiger partial charge in [-0.25, -0.2) is 9.13 Å². The number of aliphatic hydroxyl groups is 1. The van der Waals surface area contributed by atoms with Gasteiger partial charge in [0.05, 0.1) is 26.4 Å². The maximum Gasteiger partial charge on any atom is 0.472 e. The summed E-state index contributed by atoms with van der Waals surface area (Å²) in [5.41, 5.74) is 0. The number of carbonyl (C=O) groups is 4. The Hall–Kier alpha value is -1.94. The van der Waals surface area contributed by atoms with Crippen LogP contribution in [0.3, 0.4) is 0 Å². The molecule has 0 spiro atoms. The lowest BCUT2D eigenvalue weighted by molar-refractivity contribution is -0.161.